The lowest BCUT2D eigenvalue weighted by molar-refractivity contribution is 0.0182. The molecule has 0 saturated heterocycles. The first-order chi connectivity index (χ1) is 8.95. The standard InChI is InChI=1S/C11H15F2N3O3/c1-6-9(11(17)18-2)10(14)16-8(15-6)3-4-19-5-7(12)13/h7H,3-5H2,1-2H3,(H2,14,15,16). The molecule has 0 amide bonds. The van der Waals surface area contributed by atoms with Crippen LogP contribution >= 0.6 is 0 Å². The zero-order valence-corrected chi connectivity index (χ0v) is 10.7. The summed E-state index contributed by atoms with van der Waals surface area (Å²) in [5, 5.41) is 0. The fraction of sp³-hybridized carbons (Fsp3) is 0.545. The molecule has 1 rings (SSSR count). The number of rotatable bonds is 6. The number of carbonyl (C=O) groups excluding carboxylic acids is 1. The van der Waals surface area contributed by atoms with Gasteiger partial charge in [-0.05, 0) is 6.92 Å². The third-order valence-corrected chi connectivity index (χ3v) is 2.27. The number of hydrogen-bond acceptors (Lipinski definition) is 6. The van der Waals surface area contributed by atoms with Gasteiger partial charge in [0.2, 0.25) is 0 Å². The summed E-state index contributed by atoms with van der Waals surface area (Å²) >= 11 is 0. The molecular formula is C11H15F2N3O3. The number of anilines is 1. The maximum absolute atomic E-state index is 11.8. The highest BCUT2D eigenvalue weighted by molar-refractivity contribution is 5.95. The molecule has 19 heavy (non-hydrogen) atoms. The average Bonchev–Trinajstić information content (AvgIpc) is 2.33. The molecule has 0 fully saturated rings. The Morgan fingerprint density at radius 1 is 1.42 bits per heavy atom. The van der Waals surface area contributed by atoms with Gasteiger partial charge in [-0.15, -0.1) is 0 Å². The first-order valence-electron chi connectivity index (χ1n) is 5.53. The maximum Gasteiger partial charge on any atom is 0.343 e. The number of nitrogens with zero attached hydrogens (tertiary/aromatic N) is 2. The van der Waals surface area contributed by atoms with Gasteiger partial charge in [0.15, 0.2) is 0 Å². The molecule has 0 aliphatic rings. The molecule has 0 radical (unpaired) electrons. The van der Waals surface area contributed by atoms with Crippen molar-refractivity contribution >= 4 is 11.8 Å². The summed E-state index contributed by atoms with van der Waals surface area (Å²) in [7, 11) is 1.23. The molecule has 0 spiro atoms. The van der Waals surface area contributed by atoms with E-state index in [0.717, 1.165) is 0 Å². The number of halogens is 2. The second kappa shape index (κ2) is 6.93. The fourth-order valence-corrected chi connectivity index (χ4v) is 1.46. The van der Waals surface area contributed by atoms with Crippen molar-refractivity contribution in [3.63, 3.8) is 0 Å². The predicted molar refractivity (Wildman–Crippen MR) is 63.0 cm³/mol. The highest BCUT2D eigenvalue weighted by Crippen LogP contribution is 2.14. The molecule has 2 N–H and O–H groups in total. The predicted octanol–water partition coefficient (Wildman–Crippen LogP) is 0.978. The van der Waals surface area contributed by atoms with Crippen LogP contribution in [0.5, 0.6) is 0 Å². The van der Waals surface area contributed by atoms with Gasteiger partial charge in [-0.1, -0.05) is 0 Å². The molecule has 6 nitrogen and oxygen atoms in total. The van der Waals surface area contributed by atoms with Gasteiger partial charge in [0.25, 0.3) is 6.43 Å². The number of carbonyl (C=O) groups is 1. The molecule has 1 aromatic heterocycles. The van der Waals surface area contributed by atoms with Crippen LogP contribution in [0.2, 0.25) is 0 Å². The van der Waals surface area contributed by atoms with E-state index in [1.807, 2.05) is 0 Å². The highest BCUT2D eigenvalue weighted by Gasteiger charge is 2.17. The molecule has 8 heteroatoms. The summed E-state index contributed by atoms with van der Waals surface area (Å²) in [6.07, 6.45) is -2.27. The summed E-state index contributed by atoms with van der Waals surface area (Å²) in [5.74, 6) is -0.282. The topological polar surface area (TPSA) is 87.3 Å². The van der Waals surface area contributed by atoms with Crippen LogP contribution in [-0.4, -0.2) is 42.7 Å². The Morgan fingerprint density at radius 2 is 2.11 bits per heavy atom. The first-order valence-corrected chi connectivity index (χ1v) is 5.53. The number of aryl methyl sites for hydroxylation is 1. The molecule has 106 valence electrons. The quantitative estimate of drug-likeness (QED) is 0.615. The number of nitrogen functional groups attached to an aromatic ring is 1. The van der Waals surface area contributed by atoms with Crippen molar-refractivity contribution in [2.75, 3.05) is 26.1 Å². The first kappa shape index (κ1) is 15.2. The zero-order valence-electron chi connectivity index (χ0n) is 10.7. The average molecular weight is 275 g/mol. The van der Waals surface area contributed by atoms with Crippen LogP contribution in [0, 0.1) is 6.92 Å². The van der Waals surface area contributed by atoms with E-state index in [9.17, 15) is 13.6 Å². The van der Waals surface area contributed by atoms with E-state index in [1.54, 1.807) is 6.92 Å². The van der Waals surface area contributed by atoms with E-state index in [4.69, 9.17) is 10.5 Å². The van der Waals surface area contributed by atoms with Gasteiger partial charge in [-0.3, -0.25) is 0 Å². The molecule has 0 unspecified atom stereocenters. The summed E-state index contributed by atoms with van der Waals surface area (Å²) in [6.45, 7) is 1.02. The molecular weight excluding hydrogens is 260 g/mol. The van der Waals surface area contributed by atoms with Crippen LogP contribution in [0.4, 0.5) is 14.6 Å². The van der Waals surface area contributed by atoms with E-state index in [2.05, 4.69) is 14.7 Å². The molecule has 0 aliphatic heterocycles. The van der Waals surface area contributed by atoms with E-state index in [-0.39, 0.29) is 24.4 Å². The van der Waals surface area contributed by atoms with Gasteiger partial charge >= 0.3 is 5.97 Å². The van der Waals surface area contributed by atoms with Crippen molar-refractivity contribution in [3.8, 4) is 0 Å². The van der Waals surface area contributed by atoms with Crippen molar-refractivity contribution in [2.24, 2.45) is 0 Å². The SMILES string of the molecule is COC(=O)c1c(C)nc(CCOCC(F)F)nc1N. The Kier molecular flexibility index (Phi) is 5.56. The van der Waals surface area contributed by atoms with Gasteiger partial charge in [0.1, 0.15) is 23.8 Å². The van der Waals surface area contributed by atoms with Crippen molar-refractivity contribution in [1.82, 2.24) is 9.97 Å². The van der Waals surface area contributed by atoms with Crippen LogP contribution in [0.15, 0.2) is 0 Å². The minimum Gasteiger partial charge on any atom is -0.465 e. The summed E-state index contributed by atoms with van der Waals surface area (Å²) in [5.41, 5.74) is 6.13. The number of hydrogen-bond donors (Lipinski definition) is 1. The van der Waals surface area contributed by atoms with Gasteiger partial charge in [-0.25, -0.2) is 23.5 Å². The molecule has 0 bridgehead atoms. The monoisotopic (exact) mass is 275 g/mol. The Hall–Kier alpha value is -1.83. The van der Waals surface area contributed by atoms with Crippen molar-refractivity contribution in [1.29, 1.82) is 0 Å². The van der Waals surface area contributed by atoms with Crippen molar-refractivity contribution in [2.45, 2.75) is 19.8 Å². The number of nitrogens with two attached hydrogens (primary N) is 1. The molecule has 0 saturated carbocycles. The third kappa shape index (κ3) is 4.40. The molecule has 0 aliphatic carbocycles. The van der Waals surface area contributed by atoms with E-state index < -0.39 is 19.0 Å². The summed E-state index contributed by atoms with van der Waals surface area (Å²) < 4.78 is 33.0. The van der Waals surface area contributed by atoms with Gasteiger partial charge in [0, 0.05) is 6.42 Å². The van der Waals surface area contributed by atoms with Gasteiger partial charge in [-0.2, -0.15) is 0 Å². The number of alkyl halides is 2. The molecule has 0 atom stereocenters. The van der Waals surface area contributed by atoms with Crippen molar-refractivity contribution in [3.05, 3.63) is 17.1 Å². The maximum atomic E-state index is 11.8. The van der Waals surface area contributed by atoms with Crippen LogP contribution in [-0.2, 0) is 15.9 Å². The Morgan fingerprint density at radius 3 is 2.63 bits per heavy atom. The van der Waals surface area contributed by atoms with E-state index in [1.165, 1.54) is 7.11 Å². The molecule has 1 heterocycles. The normalized spacial score (nSPS) is 10.8. The second-order valence-electron chi connectivity index (χ2n) is 3.69. The largest absolute Gasteiger partial charge is 0.465 e. The number of ether oxygens (including phenoxy) is 2. The Bertz CT molecular complexity index is 432. The van der Waals surface area contributed by atoms with E-state index in [0.29, 0.717) is 11.5 Å². The lowest BCUT2D eigenvalue weighted by Gasteiger charge is -2.09. The van der Waals surface area contributed by atoms with Gasteiger partial charge in [0.05, 0.1) is 19.4 Å². The third-order valence-electron chi connectivity index (χ3n) is 2.27. The van der Waals surface area contributed by atoms with Gasteiger partial charge < -0.3 is 15.2 Å². The van der Waals surface area contributed by atoms with E-state index >= 15 is 0 Å². The summed E-state index contributed by atoms with van der Waals surface area (Å²) in [4.78, 5) is 19.4. The van der Waals surface area contributed by atoms with Crippen LogP contribution in [0.1, 0.15) is 21.9 Å². The molecule has 0 aromatic carbocycles. The lowest BCUT2D eigenvalue weighted by Crippen LogP contribution is -2.15. The smallest absolute Gasteiger partial charge is 0.343 e. The van der Waals surface area contributed by atoms with Crippen molar-refractivity contribution < 1.29 is 23.0 Å². The van der Waals surface area contributed by atoms with Crippen LogP contribution in [0.25, 0.3) is 0 Å². The zero-order chi connectivity index (χ0) is 14.4. The van der Waals surface area contributed by atoms with Crippen LogP contribution < -0.4 is 5.73 Å². The Balaban J connectivity index is 2.70. The number of esters is 1. The summed E-state index contributed by atoms with van der Waals surface area (Å²) in [6, 6.07) is 0. The minimum absolute atomic E-state index is 0.00297. The minimum atomic E-state index is -2.51. The van der Waals surface area contributed by atoms with Crippen LogP contribution in [0.3, 0.4) is 0 Å². The highest BCUT2D eigenvalue weighted by atomic mass is 19.3. The lowest BCUT2D eigenvalue weighted by atomic mass is 10.2. The number of methoxy groups -OCH3 is 1. The fourth-order valence-electron chi connectivity index (χ4n) is 1.46. The second-order valence-corrected chi connectivity index (χ2v) is 3.69. The Labute approximate surface area is 108 Å². The molecule has 1 aromatic rings. The number of aromatic nitrogens is 2.